The van der Waals surface area contributed by atoms with Crippen LogP contribution in [0.5, 0.6) is 5.75 Å². The van der Waals surface area contributed by atoms with Gasteiger partial charge in [0.05, 0.1) is 13.7 Å². The quantitative estimate of drug-likeness (QED) is 0.864. The van der Waals surface area contributed by atoms with Gasteiger partial charge in [-0.3, -0.25) is 0 Å². The molecule has 1 aromatic carbocycles. The van der Waals surface area contributed by atoms with Crippen molar-refractivity contribution >= 4 is 12.1 Å². The lowest BCUT2D eigenvalue weighted by molar-refractivity contribution is 0.0501. The fraction of sp³-hybridized carbons (Fsp3) is 0.500. The molecule has 1 amide bonds. The van der Waals surface area contributed by atoms with Gasteiger partial charge in [-0.1, -0.05) is 0 Å². The molecule has 0 radical (unpaired) electrons. The summed E-state index contributed by atoms with van der Waals surface area (Å²) in [5.41, 5.74) is 0.0220. The van der Waals surface area contributed by atoms with E-state index in [0.717, 1.165) is 6.07 Å². The van der Waals surface area contributed by atoms with Gasteiger partial charge >= 0.3 is 12.1 Å². The van der Waals surface area contributed by atoms with Crippen molar-refractivity contribution in [3.63, 3.8) is 0 Å². The molecule has 0 saturated carbocycles. The van der Waals surface area contributed by atoms with Crippen molar-refractivity contribution in [3.05, 3.63) is 29.1 Å². The Morgan fingerprint density at radius 3 is 2.70 bits per heavy atom. The third-order valence-electron chi connectivity index (χ3n) is 3.14. The number of hydrogen-bond acceptors (Lipinski definition) is 5. The average Bonchev–Trinajstić information content (AvgIpc) is 2.84. The van der Waals surface area contributed by atoms with E-state index in [2.05, 4.69) is 10.1 Å². The molecule has 1 unspecified atom stereocenters. The summed E-state index contributed by atoms with van der Waals surface area (Å²) in [5.74, 6) is -0.899. The van der Waals surface area contributed by atoms with Crippen LogP contribution in [-0.2, 0) is 15.9 Å². The number of benzene rings is 1. The van der Waals surface area contributed by atoms with Gasteiger partial charge in [0.25, 0.3) is 0 Å². The first kappa shape index (κ1) is 17.1. The molecule has 1 aliphatic heterocycles. The summed E-state index contributed by atoms with van der Waals surface area (Å²) >= 11 is 0. The summed E-state index contributed by atoms with van der Waals surface area (Å²) < 4.78 is 29.0. The number of carbonyl (C=O) groups is 2. The fourth-order valence-corrected chi connectivity index (χ4v) is 2.28. The molecule has 1 atom stereocenters. The highest BCUT2D eigenvalue weighted by atomic mass is 19.1. The molecule has 0 saturated heterocycles. The summed E-state index contributed by atoms with van der Waals surface area (Å²) in [6, 6.07) is 2.39. The number of carbonyl (C=O) groups excluding carboxylic acids is 2. The highest BCUT2D eigenvalue weighted by Crippen LogP contribution is 2.33. The maximum Gasteiger partial charge on any atom is 0.407 e. The summed E-state index contributed by atoms with van der Waals surface area (Å²) in [6.45, 7) is 5.48. The number of alkyl carbamates (subject to hydrolysis) is 1. The Balaban J connectivity index is 2.02. The molecule has 126 valence electrons. The highest BCUT2D eigenvalue weighted by molar-refractivity contribution is 5.93. The molecule has 2 rings (SSSR count). The number of amides is 1. The first-order valence-electron chi connectivity index (χ1n) is 7.24. The lowest BCUT2D eigenvalue weighted by Crippen LogP contribution is -2.38. The van der Waals surface area contributed by atoms with Gasteiger partial charge in [0.1, 0.15) is 28.8 Å². The maximum absolute atomic E-state index is 13.6. The van der Waals surface area contributed by atoms with Crippen LogP contribution < -0.4 is 10.1 Å². The van der Waals surface area contributed by atoms with Gasteiger partial charge in [-0.05, 0) is 32.9 Å². The number of methoxy groups -OCH3 is 1. The van der Waals surface area contributed by atoms with Crippen LogP contribution in [0, 0.1) is 5.82 Å². The minimum Gasteiger partial charge on any atom is -0.487 e. The van der Waals surface area contributed by atoms with Crippen molar-refractivity contribution in [3.8, 4) is 5.75 Å². The van der Waals surface area contributed by atoms with E-state index < -0.39 is 29.6 Å². The molecule has 1 N–H and O–H groups in total. The number of halogens is 1. The monoisotopic (exact) mass is 325 g/mol. The van der Waals surface area contributed by atoms with Crippen molar-refractivity contribution in [2.24, 2.45) is 0 Å². The number of hydrogen-bond donors (Lipinski definition) is 1. The minimum atomic E-state index is -0.665. The van der Waals surface area contributed by atoms with Gasteiger partial charge in [0.2, 0.25) is 0 Å². The van der Waals surface area contributed by atoms with Gasteiger partial charge in [0, 0.05) is 12.0 Å². The standard InChI is InChI=1S/C16H20FNO5/c1-16(2,3)23-15(20)18-8-11-6-9-5-10(17)7-12(13(9)22-11)14(19)21-4/h5,7,11H,6,8H2,1-4H3,(H,18,20). The molecular weight excluding hydrogens is 305 g/mol. The van der Waals surface area contributed by atoms with Crippen LogP contribution in [0.2, 0.25) is 0 Å². The van der Waals surface area contributed by atoms with Crippen LogP contribution in [0.25, 0.3) is 0 Å². The molecule has 6 nitrogen and oxygen atoms in total. The van der Waals surface area contributed by atoms with E-state index in [4.69, 9.17) is 9.47 Å². The molecule has 1 aliphatic rings. The van der Waals surface area contributed by atoms with E-state index in [1.165, 1.54) is 13.2 Å². The lowest BCUT2D eigenvalue weighted by atomic mass is 10.1. The van der Waals surface area contributed by atoms with E-state index in [9.17, 15) is 14.0 Å². The molecule has 0 spiro atoms. The smallest absolute Gasteiger partial charge is 0.407 e. The molecule has 7 heteroatoms. The Hall–Kier alpha value is -2.31. The Labute approximate surface area is 133 Å². The molecule has 1 aromatic rings. The summed E-state index contributed by atoms with van der Waals surface area (Å²) in [4.78, 5) is 23.3. The highest BCUT2D eigenvalue weighted by Gasteiger charge is 2.30. The average molecular weight is 325 g/mol. The number of fused-ring (bicyclic) bond motifs is 1. The van der Waals surface area contributed by atoms with Crippen molar-refractivity contribution in [1.29, 1.82) is 0 Å². The van der Waals surface area contributed by atoms with Crippen molar-refractivity contribution in [2.45, 2.75) is 38.9 Å². The van der Waals surface area contributed by atoms with E-state index >= 15 is 0 Å². The molecule has 0 aromatic heterocycles. The van der Waals surface area contributed by atoms with Gasteiger partial charge in [0.15, 0.2) is 0 Å². The number of rotatable bonds is 3. The van der Waals surface area contributed by atoms with Crippen LogP contribution >= 0.6 is 0 Å². The van der Waals surface area contributed by atoms with Crippen molar-refractivity contribution in [1.82, 2.24) is 5.32 Å². The van der Waals surface area contributed by atoms with Crippen LogP contribution in [0.3, 0.4) is 0 Å². The first-order chi connectivity index (χ1) is 10.7. The minimum absolute atomic E-state index is 0.0438. The van der Waals surface area contributed by atoms with E-state index in [1.54, 1.807) is 20.8 Å². The summed E-state index contributed by atoms with van der Waals surface area (Å²) in [6.07, 6.45) is -0.577. The summed E-state index contributed by atoms with van der Waals surface area (Å²) in [7, 11) is 1.22. The first-order valence-corrected chi connectivity index (χ1v) is 7.24. The molecule has 23 heavy (non-hydrogen) atoms. The molecule has 0 fully saturated rings. The third-order valence-corrected chi connectivity index (χ3v) is 3.14. The Bertz CT molecular complexity index is 624. The molecule has 1 heterocycles. The predicted octanol–water partition coefficient (Wildman–Crippen LogP) is 2.44. The molecule has 0 bridgehead atoms. The normalized spacial score (nSPS) is 16.3. The topological polar surface area (TPSA) is 73.9 Å². The zero-order chi connectivity index (χ0) is 17.2. The van der Waals surface area contributed by atoms with Crippen molar-refractivity contribution < 1.29 is 28.2 Å². The van der Waals surface area contributed by atoms with Crippen LogP contribution in [0.15, 0.2) is 12.1 Å². The molecule has 0 aliphatic carbocycles. The second kappa shape index (κ2) is 6.44. The van der Waals surface area contributed by atoms with Crippen molar-refractivity contribution in [2.75, 3.05) is 13.7 Å². The van der Waals surface area contributed by atoms with Gasteiger partial charge in [-0.25, -0.2) is 14.0 Å². The van der Waals surface area contributed by atoms with Crippen LogP contribution in [-0.4, -0.2) is 37.4 Å². The van der Waals surface area contributed by atoms with Gasteiger partial charge in [-0.15, -0.1) is 0 Å². The van der Waals surface area contributed by atoms with E-state index in [1.807, 2.05) is 0 Å². The van der Waals surface area contributed by atoms with Gasteiger partial charge < -0.3 is 19.5 Å². The Morgan fingerprint density at radius 2 is 2.09 bits per heavy atom. The van der Waals surface area contributed by atoms with Crippen LogP contribution in [0.4, 0.5) is 9.18 Å². The summed E-state index contributed by atoms with van der Waals surface area (Å²) in [5, 5.41) is 2.60. The fourth-order valence-electron chi connectivity index (χ4n) is 2.28. The second-order valence-electron chi connectivity index (χ2n) is 6.26. The zero-order valence-corrected chi connectivity index (χ0v) is 13.6. The number of esters is 1. The zero-order valence-electron chi connectivity index (χ0n) is 13.6. The maximum atomic E-state index is 13.6. The SMILES string of the molecule is COC(=O)c1cc(F)cc2c1OC(CNC(=O)OC(C)(C)C)C2. The van der Waals surface area contributed by atoms with Crippen LogP contribution in [0.1, 0.15) is 36.7 Å². The van der Waals surface area contributed by atoms with E-state index in [0.29, 0.717) is 17.7 Å². The largest absolute Gasteiger partial charge is 0.487 e. The number of nitrogens with one attached hydrogen (secondary N) is 1. The second-order valence-corrected chi connectivity index (χ2v) is 6.26. The Kier molecular flexibility index (Phi) is 4.77. The predicted molar refractivity (Wildman–Crippen MR) is 80.1 cm³/mol. The lowest BCUT2D eigenvalue weighted by Gasteiger charge is -2.20. The van der Waals surface area contributed by atoms with Gasteiger partial charge in [-0.2, -0.15) is 0 Å². The Morgan fingerprint density at radius 1 is 1.39 bits per heavy atom. The molecular formula is C16H20FNO5. The van der Waals surface area contributed by atoms with E-state index in [-0.39, 0.29) is 12.1 Å². The number of ether oxygens (including phenoxy) is 3. The third kappa shape index (κ3) is 4.34.